The number of halogens is 2. The summed E-state index contributed by atoms with van der Waals surface area (Å²) in [5.41, 5.74) is 0. The van der Waals surface area contributed by atoms with Gasteiger partial charge in [0.2, 0.25) is 5.91 Å². The first-order valence-corrected chi connectivity index (χ1v) is 6.88. The van der Waals surface area contributed by atoms with Gasteiger partial charge in [-0.15, -0.1) is 0 Å². The molecule has 0 saturated carbocycles. The zero-order valence-corrected chi connectivity index (χ0v) is 11.6. The van der Waals surface area contributed by atoms with Crippen molar-refractivity contribution >= 4 is 5.91 Å². The van der Waals surface area contributed by atoms with E-state index in [4.69, 9.17) is 0 Å². The number of alkyl halides is 2. The summed E-state index contributed by atoms with van der Waals surface area (Å²) < 4.78 is 26.2. The fraction of sp³-hybridized carbons (Fsp3) is 0.692. The van der Waals surface area contributed by atoms with Gasteiger partial charge in [-0.25, -0.2) is 4.98 Å². The molecule has 112 valence electrons. The minimum absolute atomic E-state index is 0.0595. The van der Waals surface area contributed by atoms with Crippen LogP contribution < -0.4 is 5.32 Å². The van der Waals surface area contributed by atoms with Crippen LogP contribution in [0.25, 0.3) is 0 Å². The smallest absolute Gasteiger partial charge is 0.319 e. The Bertz CT molecular complexity index is 441. The lowest BCUT2D eigenvalue weighted by Crippen LogP contribution is -2.44. The van der Waals surface area contributed by atoms with Gasteiger partial charge in [-0.2, -0.15) is 8.78 Å². The van der Waals surface area contributed by atoms with E-state index in [1.54, 1.807) is 7.05 Å². The number of carbonyl (C=O) groups is 1. The van der Waals surface area contributed by atoms with Crippen LogP contribution in [0.4, 0.5) is 8.78 Å². The van der Waals surface area contributed by atoms with Crippen LogP contribution in [0, 0.1) is 0 Å². The molecule has 0 radical (unpaired) electrons. The maximum absolute atomic E-state index is 12.7. The molecule has 1 saturated heterocycles. The van der Waals surface area contributed by atoms with Crippen LogP contribution in [0.2, 0.25) is 0 Å². The molecule has 0 aromatic carbocycles. The van der Waals surface area contributed by atoms with Crippen molar-refractivity contribution in [3.05, 3.63) is 18.2 Å². The standard InChI is InChI=1S/C13H20F2N4O/c1-18(9-11-17-7-8-19(11)13(14)15)12(20)10-5-3-2-4-6-16-10/h7-8,10,13,16H,2-6,9H2,1H3. The van der Waals surface area contributed by atoms with E-state index in [9.17, 15) is 13.6 Å². The highest BCUT2D eigenvalue weighted by Gasteiger charge is 2.24. The van der Waals surface area contributed by atoms with Crippen molar-refractivity contribution in [1.29, 1.82) is 0 Å². The number of carbonyl (C=O) groups excluding carboxylic acids is 1. The van der Waals surface area contributed by atoms with Crippen LogP contribution in [-0.2, 0) is 11.3 Å². The average molecular weight is 286 g/mol. The summed E-state index contributed by atoms with van der Waals surface area (Å²) in [5.74, 6) is 0.139. The second kappa shape index (κ2) is 6.78. The van der Waals surface area contributed by atoms with E-state index in [0.29, 0.717) is 0 Å². The monoisotopic (exact) mass is 286 g/mol. The number of amides is 1. The Morgan fingerprint density at radius 1 is 1.55 bits per heavy atom. The van der Waals surface area contributed by atoms with Crippen LogP contribution >= 0.6 is 0 Å². The average Bonchev–Trinajstić information content (AvgIpc) is 2.72. The lowest BCUT2D eigenvalue weighted by molar-refractivity contribution is -0.133. The molecule has 2 heterocycles. The quantitative estimate of drug-likeness (QED) is 0.917. The summed E-state index contributed by atoms with van der Waals surface area (Å²) in [5, 5.41) is 3.21. The number of nitrogens with zero attached hydrogens (tertiary/aromatic N) is 3. The summed E-state index contributed by atoms with van der Waals surface area (Å²) in [6, 6.07) is -0.211. The molecule has 1 aliphatic rings. The molecule has 1 unspecified atom stereocenters. The number of aromatic nitrogens is 2. The molecule has 1 atom stereocenters. The van der Waals surface area contributed by atoms with E-state index in [-0.39, 0.29) is 24.3 Å². The fourth-order valence-electron chi connectivity index (χ4n) is 2.44. The number of imidazole rings is 1. The van der Waals surface area contributed by atoms with Crippen LogP contribution in [-0.4, -0.2) is 40.0 Å². The van der Waals surface area contributed by atoms with Gasteiger partial charge in [-0.05, 0) is 19.4 Å². The van der Waals surface area contributed by atoms with Crippen LogP contribution in [0.1, 0.15) is 38.1 Å². The summed E-state index contributed by atoms with van der Waals surface area (Å²) >= 11 is 0. The van der Waals surface area contributed by atoms with Crippen LogP contribution in [0.15, 0.2) is 12.4 Å². The lowest BCUT2D eigenvalue weighted by Gasteiger charge is -2.23. The third-order valence-corrected chi connectivity index (χ3v) is 3.57. The predicted octanol–water partition coefficient (Wildman–Crippen LogP) is 1.77. The fourth-order valence-corrected chi connectivity index (χ4v) is 2.44. The first-order chi connectivity index (χ1) is 9.59. The summed E-state index contributed by atoms with van der Waals surface area (Å²) in [6.07, 6.45) is 6.56. The van der Waals surface area contributed by atoms with Gasteiger partial charge in [0.25, 0.3) is 0 Å². The predicted molar refractivity (Wildman–Crippen MR) is 70.2 cm³/mol. The highest BCUT2D eigenvalue weighted by molar-refractivity contribution is 5.81. The molecular formula is C13H20F2N4O. The molecule has 1 aromatic rings. The number of hydrogen-bond acceptors (Lipinski definition) is 3. The van der Waals surface area contributed by atoms with Gasteiger partial charge in [-0.3, -0.25) is 9.36 Å². The molecule has 1 aliphatic heterocycles. The Balaban J connectivity index is 1.98. The van der Waals surface area contributed by atoms with Crippen LogP contribution in [0.3, 0.4) is 0 Å². The largest absolute Gasteiger partial charge is 0.337 e. The zero-order valence-electron chi connectivity index (χ0n) is 11.6. The molecule has 0 aliphatic carbocycles. The van der Waals surface area contributed by atoms with E-state index in [0.717, 1.165) is 36.8 Å². The third-order valence-electron chi connectivity index (χ3n) is 3.57. The SMILES string of the molecule is CN(Cc1nccn1C(F)F)C(=O)C1CCCCCN1. The zero-order chi connectivity index (χ0) is 14.5. The van der Waals surface area contributed by atoms with E-state index < -0.39 is 6.55 Å². The Morgan fingerprint density at radius 2 is 2.35 bits per heavy atom. The molecule has 1 N–H and O–H groups in total. The highest BCUT2D eigenvalue weighted by Crippen LogP contribution is 2.15. The molecule has 2 rings (SSSR count). The van der Waals surface area contributed by atoms with Gasteiger partial charge in [0.05, 0.1) is 12.6 Å². The summed E-state index contributed by atoms with van der Waals surface area (Å²) in [4.78, 5) is 17.7. The maximum atomic E-state index is 12.7. The van der Waals surface area contributed by atoms with Crippen molar-refractivity contribution in [3.63, 3.8) is 0 Å². The summed E-state index contributed by atoms with van der Waals surface area (Å²) in [7, 11) is 1.62. The lowest BCUT2D eigenvalue weighted by atomic mass is 10.1. The Hall–Kier alpha value is -1.50. The maximum Gasteiger partial charge on any atom is 0.319 e. The van der Waals surface area contributed by atoms with E-state index in [1.807, 2.05) is 0 Å². The van der Waals surface area contributed by atoms with Crippen molar-refractivity contribution in [3.8, 4) is 0 Å². The van der Waals surface area contributed by atoms with Gasteiger partial charge in [-0.1, -0.05) is 12.8 Å². The molecule has 1 amide bonds. The highest BCUT2D eigenvalue weighted by atomic mass is 19.3. The minimum Gasteiger partial charge on any atom is -0.337 e. The molecule has 20 heavy (non-hydrogen) atoms. The minimum atomic E-state index is -2.63. The van der Waals surface area contributed by atoms with Gasteiger partial charge >= 0.3 is 6.55 Å². The molecule has 1 fully saturated rings. The second-order valence-electron chi connectivity index (χ2n) is 5.08. The van der Waals surface area contributed by atoms with Crippen molar-refractivity contribution in [2.45, 2.75) is 44.8 Å². The first kappa shape index (κ1) is 14.9. The van der Waals surface area contributed by atoms with Crippen molar-refractivity contribution in [2.75, 3.05) is 13.6 Å². The molecule has 1 aromatic heterocycles. The van der Waals surface area contributed by atoms with E-state index in [2.05, 4.69) is 10.3 Å². The number of hydrogen-bond donors (Lipinski definition) is 1. The topological polar surface area (TPSA) is 50.2 Å². The first-order valence-electron chi connectivity index (χ1n) is 6.88. The molecule has 5 nitrogen and oxygen atoms in total. The normalized spacial score (nSPS) is 19.9. The van der Waals surface area contributed by atoms with E-state index in [1.165, 1.54) is 17.3 Å². The molecule has 7 heteroatoms. The van der Waals surface area contributed by atoms with Crippen molar-refractivity contribution in [2.24, 2.45) is 0 Å². The van der Waals surface area contributed by atoms with Gasteiger partial charge in [0.1, 0.15) is 5.82 Å². The number of likely N-dealkylation sites (N-methyl/N-ethyl adjacent to an activating group) is 1. The third kappa shape index (κ3) is 3.53. The molecular weight excluding hydrogens is 266 g/mol. The van der Waals surface area contributed by atoms with Crippen molar-refractivity contribution in [1.82, 2.24) is 19.8 Å². The molecule has 0 spiro atoms. The van der Waals surface area contributed by atoms with E-state index >= 15 is 0 Å². The van der Waals surface area contributed by atoms with Gasteiger partial charge in [0, 0.05) is 19.4 Å². The number of rotatable bonds is 4. The summed E-state index contributed by atoms with van der Waals surface area (Å²) in [6.45, 7) is -1.71. The van der Waals surface area contributed by atoms with Gasteiger partial charge < -0.3 is 10.2 Å². The van der Waals surface area contributed by atoms with Crippen LogP contribution in [0.5, 0.6) is 0 Å². The van der Waals surface area contributed by atoms with Crippen molar-refractivity contribution < 1.29 is 13.6 Å². The second-order valence-corrected chi connectivity index (χ2v) is 5.08. The Kier molecular flexibility index (Phi) is 5.05. The van der Waals surface area contributed by atoms with Gasteiger partial charge in [0.15, 0.2) is 0 Å². The Labute approximate surface area is 117 Å². The Morgan fingerprint density at radius 3 is 3.10 bits per heavy atom. The molecule has 0 bridgehead atoms. The number of nitrogens with one attached hydrogen (secondary N) is 1.